The van der Waals surface area contributed by atoms with Crippen molar-refractivity contribution in [2.45, 2.75) is 19.0 Å². The Hall–Kier alpha value is -2.93. The number of carbonyl (C=O) groups excluding carboxylic acids is 2. The van der Waals surface area contributed by atoms with E-state index in [-0.39, 0.29) is 17.4 Å². The van der Waals surface area contributed by atoms with Gasteiger partial charge in [0.15, 0.2) is 16.8 Å². The number of amides is 1. The van der Waals surface area contributed by atoms with Crippen LogP contribution >= 0.6 is 11.8 Å². The molecule has 0 unspecified atom stereocenters. The number of thioether (sulfide) groups is 1. The van der Waals surface area contributed by atoms with Gasteiger partial charge in [-0.25, -0.2) is 0 Å². The number of benzene rings is 2. The maximum Gasteiger partial charge on any atom is 0.234 e. The summed E-state index contributed by atoms with van der Waals surface area (Å²) >= 11 is 1.32. The van der Waals surface area contributed by atoms with E-state index in [9.17, 15) is 9.59 Å². The molecule has 6 nitrogen and oxygen atoms in total. The third-order valence-electron chi connectivity index (χ3n) is 4.11. The molecule has 1 N–H and O–H groups in total. The van der Waals surface area contributed by atoms with Gasteiger partial charge in [-0.15, -0.1) is 10.2 Å². The summed E-state index contributed by atoms with van der Waals surface area (Å²) in [5, 5.41) is 11.9. The first-order valence-electron chi connectivity index (χ1n) is 8.44. The average molecular weight is 380 g/mol. The molecule has 0 saturated carbocycles. The fraction of sp³-hybridized carbons (Fsp3) is 0.200. The first-order valence-corrected chi connectivity index (χ1v) is 9.43. The first kappa shape index (κ1) is 18.8. The van der Waals surface area contributed by atoms with E-state index in [1.165, 1.54) is 18.7 Å². The van der Waals surface area contributed by atoms with Crippen LogP contribution in [0.2, 0.25) is 0 Å². The van der Waals surface area contributed by atoms with Crippen molar-refractivity contribution in [1.29, 1.82) is 0 Å². The molecule has 138 valence electrons. The Bertz CT molecular complexity index is 997. The molecule has 0 aliphatic carbocycles. The van der Waals surface area contributed by atoms with Crippen LogP contribution in [0.5, 0.6) is 0 Å². The zero-order chi connectivity index (χ0) is 19.4. The van der Waals surface area contributed by atoms with E-state index in [2.05, 4.69) is 15.5 Å². The highest BCUT2D eigenvalue weighted by atomic mass is 32.2. The molecule has 0 fully saturated rings. The summed E-state index contributed by atoms with van der Waals surface area (Å²) in [6, 6.07) is 14.9. The van der Waals surface area contributed by atoms with Gasteiger partial charge in [0.2, 0.25) is 5.91 Å². The highest BCUT2D eigenvalue weighted by Gasteiger charge is 2.14. The van der Waals surface area contributed by atoms with Crippen molar-refractivity contribution in [2.75, 3.05) is 11.1 Å². The SMILES string of the molecule is CC(=O)c1cccc(NC(=O)CSc2nnc(-c3ccccc3C)n2C)c1. The van der Waals surface area contributed by atoms with E-state index in [0.29, 0.717) is 16.4 Å². The molecule has 3 aromatic rings. The molecule has 1 heterocycles. The Morgan fingerprint density at radius 2 is 1.89 bits per heavy atom. The molecule has 1 aromatic heterocycles. The highest BCUT2D eigenvalue weighted by molar-refractivity contribution is 7.99. The van der Waals surface area contributed by atoms with Gasteiger partial charge in [-0.3, -0.25) is 9.59 Å². The van der Waals surface area contributed by atoms with Crippen molar-refractivity contribution >= 4 is 29.1 Å². The number of carbonyl (C=O) groups is 2. The van der Waals surface area contributed by atoms with Crippen molar-refractivity contribution < 1.29 is 9.59 Å². The van der Waals surface area contributed by atoms with Crippen LogP contribution in [-0.2, 0) is 11.8 Å². The number of aryl methyl sites for hydroxylation is 1. The summed E-state index contributed by atoms with van der Waals surface area (Å²) in [7, 11) is 1.89. The lowest BCUT2D eigenvalue weighted by molar-refractivity contribution is -0.113. The lowest BCUT2D eigenvalue weighted by atomic mass is 10.1. The van der Waals surface area contributed by atoms with E-state index in [0.717, 1.165) is 17.0 Å². The molecule has 0 spiro atoms. The van der Waals surface area contributed by atoms with Gasteiger partial charge in [0, 0.05) is 23.9 Å². The van der Waals surface area contributed by atoms with Crippen LogP contribution in [-0.4, -0.2) is 32.2 Å². The lowest BCUT2D eigenvalue weighted by Crippen LogP contribution is -2.14. The Morgan fingerprint density at radius 3 is 2.63 bits per heavy atom. The van der Waals surface area contributed by atoms with Crippen LogP contribution in [0.4, 0.5) is 5.69 Å². The predicted octanol–water partition coefficient (Wildman–Crippen LogP) is 3.72. The van der Waals surface area contributed by atoms with Crippen molar-refractivity contribution in [3.05, 3.63) is 59.7 Å². The summed E-state index contributed by atoms with van der Waals surface area (Å²) in [6.07, 6.45) is 0. The first-order chi connectivity index (χ1) is 13.0. The van der Waals surface area contributed by atoms with E-state index < -0.39 is 0 Å². The predicted molar refractivity (Wildman–Crippen MR) is 107 cm³/mol. The zero-order valence-electron chi connectivity index (χ0n) is 15.4. The van der Waals surface area contributed by atoms with Crippen LogP contribution in [0.3, 0.4) is 0 Å². The van der Waals surface area contributed by atoms with Gasteiger partial charge in [-0.2, -0.15) is 0 Å². The largest absolute Gasteiger partial charge is 0.325 e. The minimum atomic E-state index is -0.166. The molecule has 0 atom stereocenters. The van der Waals surface area contributed by atoms with Crippen LogP contribution in [0.25, 0.3) is 11.4 Å². The van der Waals surface area contributed by atoms with Gasteiger partial charge in [-0.05, 0) is 31.5 Å². The molecular formula is C20H20N4O2S. The summed E-state index contributed by atoms with van der Waals surface area (Å²) in [5.41, 5.74) is 3.31. The normalized spacial score (nSPS) is 10.6. The second kappa shape index (κ2) is 8.18. The number of anilines is 1. The third-order valence-corrected chi connectivity index (χ3v) is 5.13. The molecule has 2 aromatic carbocycles. The average Bonchev–Trinajstić information content (AvgIpc) is 3.01. The number of hydrogen-bond donors (Lipinski definition) is 1. The van der Waals surface area contributed by atoms with Crippen LogP contribution in [0.15, 0.2) is 53.7 Å². The van der Waals surface area contributed by atoms with Gasteiger partial charge in [-0.1, -0.05) is 48.2 Å². The Balaban J connectivity index is 1.65. The van der Waals surface area contributed by atoms with E-state index in [1.54, 1.807) is 24.3 Å². The van der Waals surface area contributed by atoms with Gasteiger partial charge >= 0.3 is 0 Å². The van der Waals surface area contributed by atoms with Crippen molar-refractivity contribution in [3.63, 3.8) is 0 Å². The quantitative estimate of drug-likeness (QED) is 0.521. The Morgan fingerprint density at radius 1 is 1.11 bits per heavy atom. The van der Waals surface area contributed by atoms with E-state index >= 15 is 0 Å². The smallest absolute Gasteiger partial charge is 0.234 e. The molecule has 3 rings (SSSR count). The summed E-state index contributed by atoms with van der Waals surface area (Å²) in [4.78, 5) is 23.7. The molecule has 0 aliphatic rings. The maximum atomic E-state index is 12.2. The van der Waals surface area contributed by atoms with Gasteiger partial charge in [0.05, 0.1) is 5.75 Å². The van der Waals surface area contributed by atoms with Gasteiger partial charge in [0.1, 0.15) is 0 Å². The Labute approximate surface area is 162 Å². The van der Waals surface area contributed by atoms with E-state index in [4.69, 9.17) is 0 Å². The number of hydrogen-bond acceptors (Lipinski definition) is 5. The Kier molecular flexibility index (Phi) is 5.71. The minimum absolute atomic E-state index is 0.0386. The number of aromatic nitrogens is 3. The standard InChI is InChI=1S/C20H20N4O2S/c1-13-7-4-5-10-17(13)19-22-23-20(24(19)3)27-12-18(26)21-16-9-6-8-15(11-16)14(2)25/h4-11H,12H2,1-3H3,(H,21,26). The van der Waals surface area contributed by atoms with Gasteiger partial charge in [0.25, 0.3) is 0 Å². The second-order valence-electron chi connectivity index (χ2n) is 6.15. The van der Waals surface area contributed by atoms with E-state index in [1.807, 2.05) is 42.8 Å². The number of nitrogens with one attached hydrogen (secondary N) is 1. The van der Waals surface area contributed by atoms with Crippen molar-refractivity contribution in [3.8, 4) is 11.4 Å². The molecule has 0 aliphatic heterocycles. The number of Topliss-reactive ketones (excluding diaryl/α,β-unsaturated/α-hetero) is 1. The maximum absolute atomic E-state index is 12.2. The topological polar surface area (TPSA) is 76.9 Å². The highest BCUT2D eigenvalue weighted by Crippen LogP contribution is 2.25. The molecule has 7 heteroatoms. The molecule has 0 saturated heterocycles. The summed E-state index contributed by atoms with van der Waals surface area (Å²) in [6.45, 7) is 3.52. The number of nitrogens with zero attached hydrogens (tertiary/aromatic N) is 3. The molecule has 0 radical (unpaired) electrons. The molecule has 27 heavy (non-hydrogen) atoms. The van der Waals surface area contributed by atoms with Gasteiger partial charge < -0.3 is 9.88 Å². The summed E-state index contributed by atoms with van der Waals surface area (Å²) in [5.74, 6) is 0.763. The van der Waals surface area contributed by atoms with Crippen molar-refractivity contribution in [1.82, 2.24) is 14.8 Å². The second-order valence-corrected chi connectivity index (χ2v) is 7.10. The third kappa shape index (κ3) is 4.43. The molecule has 1 amide bonds. The fourth-order valence-electron chi connectivity index (χ4n) is 2.64. The summed E-state index contributed by atoms with van der Waals surface area (Å²) < 4.78 is 1.89. The minimum Gasteiger partial charge on any atom is -0.325 e. The monoisotopic (exact) mass is 380 g/mol. The number of ketones is 1. The zero-order valence-corrected chi connectivity index (χ0v) is 16.2. The fourth-order valence-corrected chi connectivity index (χ4v) is 3.35. The van der Waals surface area contributed by atoms with Crippen LogP contribution in [0, 0.1) is 6.92 Å². The lowest BCUT2D eigenvalue weighted by Gasteiger charge is -2.07. The van der Waals surface area contributed by atoms with Crippen LogP contribution in [0.1, 0.15) is 22.8 Å². The molecule has 0 bridgehead atoms. The van der Waals surface area contributed by atoms with Crippen molar-refractivity contribution in [2.24, 2.45) is 7.05 Å². The van der Waals surface area contributed by atoms with Crippen LogP contribution < -0.4 is 5.32 Å². The molecular weight excluding hydrogens is 360 g/mol. The number of rotatable bonds is 6.